The second kappa shape index (κ2) is 7.16. The number of aliphatic carboxylic acids is 1. The summed E-state index contributed by atoms with van der Waals surface area (Å²) in [5, 5.41) is 14.7. The van der Waals surface area contributed by atoms with Crippen LogP contribution >= 0.6 is 0 Å². The molecule has 0 aromatic rings. The minimum absolute atomic E-state index is 0.211. The van der Waals surface area contributed by atoms with Crippen molar-refractivity contribution in [2.45, 2.75) is 46.0 Å². The molecule has 1 saturated carbocycles. The van der Waals surface area contributed by atoms with Gasteiger partial charge in [0.1, 0.15) is 0 Å². The van der Waals surface area contributed by atoms with Crippen LogP contribution in [-0.4, -0.2) is 30.2 Å². The van der Waals surface area contributed by atoms with Crippen LogP contribution < -0.4 is 10.6 Å². The van der Waals surface area contributed by atoms with Crippen molar-refractivity contribution in [1.82, 2.24) is 10.6 Å². The van der Waals surface area contributed by atoms with Crippen LogP contribution in [0.5, 0.6) is 0 Å². The lowest BCUT2D eigenvalue weighted by Gasteiger charge is -2.33. The first kappa shape index (κ1) is 15.5. The molecule has 5 nitrogen and oxygen atoms in total. The normalized spacial score (nSPS) is 17.4. The molecular weight excluding hydrogens is 244 g/mol. The van der Waals surface area contributed by atoms with Crippen molar-refractivity contribution >= 4 is 12.0 Å². The molecule has 0 radical (unpaired) electrons. The van der Waals surface area contributed by atoms with E-state index in [1.807, 2.05) is 19.9 Å². The number of carboxylic acid groups (broad SMARTS) is 1. The van der Waals surface area contributed by atoms with E-state index in [9.17, 15) is 14.7 Å². The van der Waals surface area contributed by atoms with Crippen molar-refractivity contribution in [2.24, 2.45) is 5.41 Å². The van der Waals surface area contributed by atoms with E-state index >= 15 is 0 Å². The zero-order chi connectivity index (χ0) is 14.3. The maximum absolute atomic E-state index is 11.6. The van der Waals surface area contributed by atoms with E-state index in [0.29, 0.717) is 19.4 Å². The molecule has 0 aromatic heterocycles. The smallest absolute Gasteiger partial charge is 0.315 e. The molecule has 1 fully saturated rings. The van der Waals surface area contributed by atoms with Crippen LogP contribution in [0.3, 0.4) is 0 Å². The molecule has 0 heterocycles. The highest BCUT2D eigenvalue weighted by Gasteiger charge is 2.39. The van der Waals surface area contributed by atoms with Crippen LogP contribution in [0.1, 0.15) is 46.0 Å². The Kier molecular flexibility index (Phi) is 5.86. The fourth-order valence-electron chi connectivity index (χ4n) is 2.35. The first-order valence-electron chi connectivity index (χ1n) is 6.85. The van der Waals surface area contributed by atoms with E-state index in [0.717, 1.165) is 24.8 Å². The fourth-order valence-corrected chi connectivity index (χ4v) is 2.35. The second-order valence-corrected chi connectivity index (χ2v) is 5.49. The molecule has 1 aliphatic carbocycles. The molecule has 0 bridgehead atoms. The number of nitrogens with one attached hydrogen (secondary N) is 2. The highest BCUT2D eigenvalue weighted by Crippen LogP contribution is 2.35. The molecule has 0 saturated heterocycles. The molecule has 0 spiro atoms. The number of amides is 2. The van der Waals surface area contributed by atoms with Crippen LogP contribution in [-0.2, 0) is 4.79 Å². The number of allylic oxidation sites excluding steroid dienone is 1. The second-order valence-electron chi connectivity index (χ2n) is 5.49. The molecule has 1 rings (SSSR count). The van der Waals surface area contributed by atoms with Gasteiger partial charge in [-0.1, -0.05) is 30.9 Å². The molecule has 3 N–H and O–H groups in total. The third-order valence-corrected chi connectivity index (χ3v) is 3.62. The maximum Gasteiger partial charge on any atom is 0.315 e. The third-order valence-electron chi connectivity index (χ3n) is 3.62. The van der Waals surface area contributed by atoms with E-state index < -0.39 is 11.4 Å². The van der Waals surface area contributed by atoms with E-state index in [2.05, 4.69) is 10.6 Å². The first-order valence-corrected chi connectivity index (χ1v) is 6.85. The Morgan fingerprint density at radius 3 is 2.32 bits per heavy atom. The van der Waals surface area contributed by atoms with Gasteiger partial charge in [0.2, 0.25) is 0 Å². The number of rotatable bonds is 5. The molecule has 1 aliphatic rings. The minimum atomic E-state index is -0.795. The van der Waals surface area contributed by atoms with Gasteiger partial charge in [0.25, 0.3) is 0 Å². The Labute approximate surface area is 114 Å². The van der Waals surface area contributed by atoms with Crippen LogP contribution in [0.4, 0.5) is 4.79 Å². The Balaban J connectivity index is 2.42. The van der Waals surface area contributed by atoms with Crippen molar-refractivity contribution in [3.05, 3.63) is 11.6 Å². The fraction of sp³-hybridized carbons (Fsp3) is 0.714. The lowest BCUT2D eigenvalue weighted by molar-refractivity contribution is -0.150. The van der Waals surface area contributed by atoms with Gasteiger partial charge >= 0.3 is 12.0 Å². The van der Waals surface area contributed by atoms with Crippen molar-refractivity contribution in [1.29, 1.82) is 0 Å². The highest BCUT2D eigenvalue weighted by molar-refractivity contribution is 5.78. The van der Waals surface area contributed by atoms with Crippen molar-refractivity contribution in [2.75, 3.05) is 13.1 Å². The summed E-state index contributed by atoms with van der Waals surface area (Å²) in [6.07, 6.45) is 6.14. The average Bonchev–Trinajstić information content (AvgIpc) is 2.37. The van der Waals surface area contributed by atoms with Crippen molar-refractivity contribution in [3.63, 3.8) is 0 Å². The summed E-state index contributed by atoms with van der Waals surface area (Å²) in [7, 11) is 0. The Bertz CT molecular complexity index is 354. The Hall–Kier alpha value is -1.52. The molecule has 0 aromatic carbocycles. The monoisotopic (exact) mass is 268 g/mol. The highest BCUT2D eigenvalue weighted by atomic mass is 16.4. The van der Waals surface area contributed by atoms with Crippen LogP contribution in [0.2, 0.25) is 0 Å². The van der Waals surface area contributed by atoms with E-state index in [1.54, 1.807) is 0 Å². The third kappa shape index (κ3) is 4.93. The molecule has 2 amide bonds. The zero-order valence-electron chi connectivity index (χ0n) is 11.8. The minimum Gasteiger partial charge on any atom is -0.481 e. The Morgan fingerprint density at radius 2 is 1.79 bits per heavy atom. The maximum atomic E-state index is 11.6. The topological polar surface area (TPSA) is 78.4 Å². The quantitative estimate of drug-likeness (QED) is 0.669. The number of hydrogen-bond donors (Lipinski definition) is 3. The van der Waals surface area contributed by atoms with Crippen molar-refractivity contribution < 1.29 is 14.7 Å². The summed E-state index contributed by atoms with van der Waals surface area (Å²) in [6, 6.07) is -0.302. The molecule has 108 valence electrons. The van der Waals surface area contributed by atoms with Crippen molar-refractivity contribution in [3.8, 4) is 0 Å². The lowest BCUT2D eigenvalue weighted by Crippen LogP contribution is -2.47. The molecule has 0 atom stereocenters. The van der Waals surface area contributed by atoms with Gasteiger partial charge in [0.15, 0.2) is 0 Å². The van der Waals surface area contributed by atoms with Gasteiger partial charge in [-0.2, -0.15) is 0 Å². The molecule has 19 heavy (non-hydrogen) atoms. The average molecular weight is 268 g/mol. The SMILES string of the molecule is CC(C)=CCNC(=O)NCC1(C(=O)O)CCCCC1. The standard InChI is InChI=1S/C14H24N2O3/c1-11(2)6-9-15-13(19)16-10-14(12(17)18)7-4-3-5-8-14/h6H,3-5,7-10H2,1-2H3,(H,17,18)(H2,15,16,19). The summed E-state index contributed by atoms with van der Waals surface area (Å²) in [6.45, 7) is 4.60. The molecular formula is C14H24N2O3. The number of carboxylic acids is 1. The predicted molar refractivity (Wildman–Crippen MR) is 74.0 cm³/mol. The van der Waals surface area contributed by atoms with Gasteiger partial charge in [-0.15, -0.1) is 0 Å². The molecule has 0 unspecified atom stereocenters. The van der Waals surface area contributed by atoms with E-state index in [1.165, 1.54) is 0 Å². The van der Waals surface area contributed by atoms with Gasteiger partial charge in [-0.05, 0) is 26.7 Å². The van der Waals surface area contributed by atoms with Gasteiger partial charge < -0.3 is 15.7 Å². The summed E-state index contributed by atoms with van der Waals surface area (Å²) in [4.78, 5) is 23.0. The summed E-state index contributed by atoms with van der Waals surface area (Å²) in [5.41, 5.74) is 0.362. The molecule has 5 heteroatoms. The number of hydrogen-bond acceptors (Lipinski definition) is 2. The predicted octanol–water partition coefficient (Wildman–Crippen LogP) is 2.29. The number of urea groups is 1. The molecule has 0 aliphatic heterocycles. The van der Waals surface area contributed by atoms with E-state index in [4.69, 9.17) is 0 Å². The number of carbonyl (C=O) groups excluding carboxylic acids is 1. The van der Waals surface area contributed by atoms with Crippen LogP contribution in [0.15, 0.2) is 11.6 Å². The van der Waals surface area contributed by atoms with Gasteiger partial charge in [0.05, 0.1) is 5.41 Å². The van der Waals surface area contributed by atoms with Crippen LogP contribution in [0, 0.1) is 5.41 Å². The van der Waals surface area contributed by atoms with Crippen LogP contribution in [0.25, 0.3) is 0 Å². The van der Waals surface area contributed by atoms with Gasteiger partial charge in [0, 0.05) is 13.1 Å². The number of carbonyl (C=O) groups is 2. The summed E-state index contributed by atoms with van der Waals surface area (Å²) in [5.74, 6) is -0.795. The van der Waals surface area contributed by atoms with Gasteiger partial charge in [-0.25, -0.2) is 4.79 Å². The lowest BCUT2D eigenvalue weighted by atomic mass is 9.74. The summed E-state index contributed by atoms with van der Waals surface area (Å²) < 4.78 is 0. The first-order chi connectivity index (χ1) is 8.96. The van der Waals surface area contributed by atoms with E-state index in [-0.39, 0.29) is 12.6 Å². The Morgan fingerprint density at radius 1 is 1.16 bits per heavy atom. The van der Waals surface area contributed by atoms with Gasteiger partial charge in [-0.3, -0.25) is 4.79 Å². The largest absolute Gasteiger partial charge is 0.481 e. The summed E-state index contributed by atoms with van der Waals surface area (Å²) >= 11 is 0. The zero-order valence-corrected chi connectivity index (χ0v) is 11.8.